The van der Waals surface area contributed by atoms with E-state index in [4.69, 9.17) is 0 Å². The van der Waals surface area contributed by atoms with Crippen LogP contribution in [0.5, 0.6) is 0 Å². The second kappa shape index (κ2) is 7.79. The van der Waals surface area contributed by atoms with Crippen molar-refractivity contribution in [2.75, 3.05) is 16.4 Å². The van der Waals surface area contributed by atoms with E-state index >= 15 is 0 Å². The van der Waals surface area contributed by atoms with Gasteiger partial charge in [0.25, 0.3) is 0 Å². The minimum absolute atomic E-state index is 0.426. The van der Waals surface area contributed by atoms with E-state index in [1.165, 1.54) is 4.90 Å². The Morgan fingerprint density at radius 3 is 2.52 bits per heavy atom. The first-order chi connectivity index (χ1) is 10.2. The molecule has 0 aliphatic rings. The molecule has 0 heterocycles. The normalized spacial score (nSPS) is 10.4. The summed E-state index contributed by atoms with van der Waals surface area (Å²) in [6, 6.07) is 17.1. The first-order valence-electron chi connectivity index (χ1n) is 7.15. The summed E-state index contributed by atoms with van der Waals surface area (Å²) in [7, 11) is 0. The molecule has 0 unspecified atom stereocenters. The largest absolute Gasteiger partial charge is 0.383 e. The van der Waals surface area contributed by atoms with Crippen molar-refractivity contribution in [1.29, 1.82) is 0 Å². The number of nitrogens with one attached hydrogen (secondary N) is 2. The number of para-hydroxylation sites is 1. The van der Waals surface area contributed by atoms with Crippen molar-refractivity contribution in [3.05, 3.63) is 61.2 Å². The lowest BCUT2D eigenvalue weighted by Crippen LogP contribution is -2.09. The summed E-state index contributed by atoms with van der Waals surface area (Å²) in [5, 5.41) is 6.92. The van der Waals surface area contributed by atoms with Crippen LogP contribution in [0.2, 0.25) is 0 Å². The van der Waals surface area contributed by atoms with Crippen molar-refractivity contribution in [2.24, 2.45) is 0 Å². The predicted molar refractivity (Wildman–Crippen MR) is 95.8 cm³/mol. The number of thioether (sulfide) groups is 1. The van der Waals surface area contributed by atoms with Gasteiger partial charge in [-0.2, -0.15) is 0 Å². The third kappa shape index (κ3) is 4.87. The van der Waals surface area contributed by atoms with Crippen LogP contribution >= 0.6 is 11.8 Å². The Hall–Kier alpha value is -1.87. The lowest BCUT2D eigenvalue weighted by Gasteiger charge is -2.15. The molecule has 0 aliphatic carbocycles. The highest BCUT2D eigenvalue weighted by Crippen LogP contribution is 2.32. The van der Waals surface area contributed by atoms with Crippen molar-refractivity contribution in [3.63, 3.8) is 0 Å². The van der Waals surface area contributed by atoms with Gasteiger partial charge in [-0.05, 0) is 44.2 Å². The van der Waals surface area contributed by atoms with Crippen LogP contribution in [0.1, 0.15) is 13.8 Å². The summed E-state index contributed by atoms with van der Waals surface area (Å²) in [4.78, 5) is 1.23. The highest BCUT2D eigenvalue weighted by Gasteiger charge is 2.06. The lowest BCUT2D eigenvalue weighted by molar-refractivity contribution is 0.899. The average molecular weight is 298 g/mol. The van der Waals surface area contributed by atoms with Gasteiger partial charge in [-0.3, -0.25) is 0 Å². The molecule has 0 saturated carbocycles. The Morgan fingerprint density at radius 2 is 1.86 bits per heavy atom. The van der Waals surface area contributed by atoms with E-state index in [1.807, 2.05) is 24.3 Å². The van der Waals surface area contributed by atoms with Crippen LogP contribution in [0, 0.1) is 0 Å². The SMILES string of the molecule is C=CCSc1cc(NC(C)C)ccc1Nc1ccccc1. The maximum absolute atomic E-state index is 3.80. The Kier molecular flexibility index (Phi) is 5.76. The lowest BCUT2D eigenvalue weighted by atomic mass is 10.2. The number of benzene rings is 2. The monoisotopic (exact) mass is 298 g/mol. The van der Waals surface area contributed by atoms with Crippen LogP contribution in [0.15, 0.2) is 66.1 Å². The van der Waals surface area contributed by atoms with E-state index in [1.54, 1.807) is 11.8 Å². The van der Waals surface area contributed by atoms with E-state index in [2.05, 4.69) is 61.4 Å². The van der Waals surface area contributed by atoms with E-state index in [-0.39, 0.29) is 0 Å². The third-order valence-corrected chi connectivity index (χ3v) is 3.90. The number of rotatable bonds is 7. The zero-order valence-electron chi connectivity index (χ0n) is 12.6. The molecule has 2 nitrogen and oxygen atoms in total. The molecule has 2 N–H and O–H groups in total. The first-order valence-corrected chi connectivity index (χ1v) is 8.14. The maximum atomic E-state index is 3.80. The molecule has 0 aromatic heterocycles. The molecule has 0 aliphatic heterocycles. The fourth-order valence-corrected chi connectivity index (χ4v) is 2.78. The highest BCUT2D eigenvalue weighted by molar-refractivity contribution is 7.99. The topological polar surface area (TPSA) is 24.1 Å². The Bertz CT molecular complexity index is 579. The van der Waals surface area contributed by atoms with Crippen molar-refractivity contribution < 1.29 is 0 Å². The molecule has 0 fully saturated rings. The van der Waals surface area contributed by atoms with Crippen LogP contribution in [0.4, 0.5) is 17.1 Å². The summed E-state index contributed by atoms with van der Waals surface area (Å²) >= 11 is 1.79. The molecule has 3 heteroatoms. The molecule has 0 atom stereocenters. The van der Waals surface area contributed by atoms with Gasteiger partial charge in [0, 0.05) is 28.1 Å². The van der Waals surface area contributed by atoms with Crippen LogP contribution < -0.4 is 10.6 Å². The molecule has 0 amide bonds. The molecule has 0 saturated heterocycles. The van der Waals surface area contributed by atoms with Crippen LogP contribution in [-0.2, 0) is 0 Å². The van der Waals surface area contributed by atoms with Crippen LogP contribution in [0.3, 0.4) is 0 Å². The fourth-order valence-electron chi connectivity index (χ4n) is 1.99. The van der Waals surface area contributed by atoms with Gasteiger partial charge in [0.2, 0.25) is 0 Å². The van der Waals surface area contributed by atoms with E-state index in [0.29, 0.717) is 6.04 Å². The van der Waals surface area contributed by atoms with Gasteiger partial charge in [0.1, 0.15) is 0 Å². The summed E-state index contributed by atoms with van der Waals surface area (Å²) in [6.07, 6.45) is 1.93. The fraction of sp³-hybridized carbons (Fsp3) is 0.222. The quantitative estimate of drug-likeness (QED) is 0.519. The summed E-state index contributed by atoms with van der Waals surface area (Å²) in [5.74, 6) is 0.897. The Morgan fingerprint density at radius 1 is 1.10 bits per heavy atom. The molecule has 2 aromatic rings. The zero-order valence-corrected chi connectivity index (χ0v) is 13.4. The van der Waals surface area contributed by atoms with E-state index in [9.17, 15) is 0 Å². The second-order valence-corrected chi connectivity index (χ2v) is 6.16. The average Bonchev–Trinajstić information content (AvgIpc) is 2.48. The minimum Gasteiger partial charge on any atom is -0.383 e. The molecule has 0 radical (unpaired) electrons. The van der Waals surface area contributed by atoms with Gasteiger partial charge in [-0.25, -0.2) is 0 Å². The zero-order chi connectivity index (χ0) is 15.1. The van der Waals surface area contributed by atoms with E-state index < -0.39 is 0 Å². The smallest absolute Gasteiger partial charge is 0.0524 e. The number of hydrogen-bond acceptors (Lipinski definition) is 3. The summed E-state index contributed by atoms with van der Waals surface area (Å²) in [5.41, 5.74) is 3.38. The molecular weight excluding hydrogens is 276 g/mol. The molecule has 110 valence electrons. The maximum Gasteiger partial charge on any atom is 0.0524 e. The van der Waals surface area contributed by atoms with Crippen molar-refractivity contribution in [1.82, 2.24) is 0 Å². The summed E-state index contributed by atoms with van der Waals surface area (Å²) < 4.78 is 0. The Balaban J connectivity index is 2.23. The molecule has 2 rings (SSSR count). The van der Waals surface area contributed by atoms with Gasteiger partial charge in [-0.15, -0.1) is 18.3 Å². The van der Waals surface area contributed by atoms with Crippen LogP contribution in [0.25, 0.3) is 0 Å². The van der Waals surface area contributed by atoms with Gasteiger partial charge >= 0.3 is 0 Å². The van der Waals surface area contributed by atoms with Crippen molar-refractivity contribution in [3.8, 4) is 0 Å². The highest BCUT2D eigenvalue weighted by atomic mass is 32.2. The molecule has 2 aromatic carbocycles. The number of anilines is 3. The van der Waals surface area contributed by atoms with Gasteiger partial charge < -0.3 is 10.6 Å². The van der Waals surface area contributed by atoms with Crippen molar-refractivity contribution in [2.45, 2.75) is 24.8 Å². The van der Waals surface area contributed by atoms with Gasteiger partial charge in [0.05, 0.1) is 5.69 Å². The molecule has 0 spiro atoms. The van der Waals surface area contributed by atoms with E-state index in [0.717, 1.165) is 22.8 Å². The predicted octanol–water partition coefficient (Wildman–Crippen LogP) is 5.53. The standard InChI is InChI=1S/C18H22N2S/c1-4-12-21-18-13-16(19-14(2)3)10-11-17(18)20-15-8-6-5-7-9-15/h4-11,13-14,19-20H,1,12H2,2-3H3. The Labute approximate surface area is 131 Å². The third-order valence-electron chi connectivity index (χ3n) is 2.85. The molecule has 0 bridgehead atoms. The molecule has 21 heavy (non-hydrogen) atoms. The minimum atomic E-state index is 0.426. The molecular formula is C18H22N2S. The van der Waals surface area contributed by atoms with Crippen molar-refractivity contribution >= 4 is 28.8 Å². The van der Waals surface area contributed by atoms with Gasteiger partial charge in [-0.1, -0.05) is 24.3 Å². The number of hydrogen-bond donors (Lipinski definition) is 2. The van der Waals surface area contributed by atoms with Crippen LogP contribution in [-0.4, -0.2) is 11.8 Å². The van der Waals surface area contributed by atoms with Gasteiger partial charge in [0.15, 0.2) is 0 Å². The summed E-state index contributed by atoms with van der Waals surface area (Å²) in [6.45, 7) is 8.09. The first kappa shape index (κ1) is 15.5. The second-order valence-electron chi connectivity index (χ2n) is 5.10.